The van der Waals surface area contributed by atoms with Gasteiger partial charge in [-0.1, -0.05) is 56.3 Å². The molecule has 0 saturated carbocycles. The highest BCUT2D eigenvalue weighted by molar-refractivity contribution is 5.93. The molecule has 0 spiro atoms. The summed E-state index contributed by atoms with van der Waals surface area (Å²) in [6.45, 7) is 10.4. The average Bonchev–Trinajstić information content (AvgIpc) is 3.08. The first-order valence-electron chi connectivity index (χ1n) is 9.94. The fourth-order valence-corrected chi connectivity index (χ4v) is 4.04. The van der Waals surface area contributed by atoms with Crippen molar-refractivity contribution < 1.29 is 4.79 Å². The largest absolute Gasteiger partial charge is 0.347 e. The van der Waals surface area contributed by atoms with E-state index in [9.17, 15) is 4.79 Å². The SMILES string of the molecule is CCC(NC(=O)c1nnn(C2CCNCC2)c1C)C(C)(C)c1ccccc1. The minimum absolute atomic E-state index is 0.0100. The molecule has 1 aliphatic heterocycles. The maximum atomic E-state index is 13.0. The van der Waals surface area contributed by atoms with E-state index in [1.807, 2.05) is 29.8 Å². The van der Waals surface area contributed by atoms with Gasteiger partial charge in [-0.15, -0.1) is 5.10 Å². The number of piperidine rings is 1. The molecule has 1 atom stereocenters. The van der Waals surface area contributed by atoms with E-state index in [4.69, 9.17) is 0 Å². The van der Waals surface area contributed by atoms with Crippen LogP contribution in [0.1, 0.15) is 67.8 Å². The third kappa shape index (κ3) is 4.05. The second-order valence-electron chi connectivity index (χ2n) is 7.97. The van der Waals surface area contributed by atoms with Crippen molar-refractivity contribution in [2.75, 3.05) is 13.1 Å². The standard InChI is InChI=1S/C21H31N5O/c1-5-18(21(3,4)16-9-7-6-8-10-16)23-20(27)19-15(2)26(25-24-19)17-11-13-22-14-12-17/h6-10,17-18,22H,5,11-14H2,1-4H3,(H,23,27). The minimum Gasteiger partial charge on any atom is -0.347 e. The maximum absolute atomic E-state index is 13.0. The van der Waals surface area contributed by atoms with E-state index in [1.54, 1.807) is 0 Å². The molecule has 2 N–H and O–H groups in total. The molecule has 2 aromatic rings. The van der Waals surface area contributed by atoms with Gasteiger partial charge in [0, 0.05) is 11.5 Å². The molecule has 1 saturated heterocycles. The van der Waals surface area contributed by atoms with Crippen LogP contribution in [0.2, 0.25) is 0 Å². The molecular formula is C21H31N5O. The lowest BCUT2D eigenvalue weighted by Crippen LogP contribution is -2.47. The average molecular weight is 370 g/mol. The number of amides is 1. The smallest absolute Gasteiger partial charge is 0.273 e. The summed E-state index contributed by atoms with van der Waals surface area (Å²) in [7, 11) is 0. The summed E-state index contributed by atoms with van der Waals surface area (Å²) in [6, 6.07) is 10.7. The number of nitrogens with zero attached hydrogens (tertiary/aromatic N) is 3. The van der Waals surface area contributed by atoms with E-state index in [0.29, 0.717) is 11.7 Å². The number of hydrogen-bond acceptors (Lipinski definition) is 4. The Morgan fingerprint density at radius 2 is 1.96 bits per heavy atom. The van der Waals surface area contributed by atoms with Gasteiger partial charge in [0.15, 0.2) is 5.69 Å². The fourth-order valence-electron chi connectivity index (χ4n) is 4.04. The number of aromatic nitrogens is 3. The van der Waals surface area contributed by atoms with Gasteiger partial charge in [-0.05, 0) is 44.8 Å². The zero-order valence-corrected chi connectivity index (χ0v) is 16.8. The monoisotopic (exact) mass is 369 g/mol. The fraction of sp³-hybridized carbons (Fsp3) is 0.571. The summed E-state index contributed by atoms with van der Waals surface area (Å²) in [5.74, 6) is -0.136. The van der Waals surface area contributed by atoms with Gasteiger partial charge in [-0.2, -0.15) is 0 Å². The molecule has 1 amide bonds. The molecule has 2 heterocycles. The molecule has 3 rings (SSSR count). The third-order valence-corrected chi connectivity index (χ3v) is 5.90. The molecule has 1 unspecified atom stereocenters. The van der Waals surface area contributed by atoms with Crippen molar-refractivity contribution in [2.24, 2.45) is 0 Å². The Labute approximate surface area is 161 Å². The van der Waals surface area contributed by atoms with E-state index < -0.39 is 0 Å². The summed E-state index contributed by atoms with van der Waals surface area (Å²) < 4.78 is 1.93. The van der Waals surface area contributed by atoms with Gasteiger partial charge in [0.1, 0.15) is 0 Å². The zero-order chi connectivity index (χ0) is 19.4. The second-order valence-corrected chi connectivity index (χ2v) is 7.97. The Morgan fingerprint density at radius 3 is 2.59 bits per heavy atom. The Hall–Kier alpha value is -2.21. The van der Waals surface area contributed by atoms with Crippen LogP contribution in [-0.4, -0.2) is 40.0 Å². The molecule has 1 aliphatic rings. The van der Waals surface area contributed by atoms with E-state index in [-0.39, 0.29) is 17.4 Å². The Kier molecular flexibility index (Phi) is 5.95. The first kappa shape index (κ1) is 19.5. The molecule has 27 heavy (non-hydrogen) atoms. The lowest BCUT2D eigenvalue weighted by molar-refractivity contribution is 0.0910. The van der Waals surface area contributed by atoms with Gasteiger partial charge in [0.2, 0.25) is 0 Å². The van der Waals surface area contributed by atoms with E-state index in [1.165, 1.54) is 5.56 Å². The van der Waals surface area contributed by atoms with Crippen molar-refractivity contribution in [2.45, 2.75) is 64.5 Å². The normalized spacial score (nSPS) is 16.9. The van der Waals surface area contributed by atoms with Crippen molar-refractivity contribution in [1.82, 2.24) is 25.6 Å². The van der Waals surface area contributed by atoms with Crippen molar-refractivity contribution >= 4 is 5.91 Å². The molecule has 146 valence electrons. The topological polar surface area (TPSA) is 71.8 Å². The summed E-state index contributed by atoms with van der Waals surface area (Å²) in [6.07, 6.45) is 2.88. The quantitative estimate of drug-likeness (QED) is 0.821. The number of carbonyl (C=O) groups excluding carboxylic acids is 1. The van der Waals surface area contributed by atoms with Crippen LogP contribution >= 0.6 is 0 Å². The van der Waals surface area contributed by atoms with Crippen LogP contribution in [0.25, 0.3) is 0 Å². The Bertz CT molecular complexity index is 762. The van der Waals surface area contributed by atoms with E-state index >= 15 is 0 Å². The lowest BCUT2D eigenvalue weighted by atomic mass is 9.76. The highest BCUT2D eigenvalue weighted by atomic mass is 16.2. The molecule has 6 heteroatoms. The highest BCUT2D eigenvalue weighted by Gasteiger charge is 2.32. The predicted octanol–water partition coefficient (Wildman–Crippen LogP) is 3.00. The third-order valence-electron chi connectivity index (χ3n) is 5.90. The van der Waals surface area contributed by atoms with Crippen LogP contribution in [0.15, 0.2) is 30.3 Å². The molecule has 0 bridgehead atoms. The molecular weight excluding hydrogens is 338 g/mol. The number of benzene rings is 1. The molecule has 1 fully saturated rings. The van der Waals surface area contributed by atoms with Crippen LogP contribution in [-0.2, 0) is 5.41 Å². The number of rotatable bonds is 6. The molecule has 1 aromatic heterocycles. The van der Waals surface area contributed by atoms with Crippen LogP contribution in [0.3, 0.4) is 0 Å². The van der Waals surface area contributed by atoms with Gasteiger partial charge in [-0.25, -0.2) is 4.68 Å². The highest BCUT2D eigenvalue weighted by Crippen LogP contribution is 2.29. The summed E-state index contributed by atoms with van der Waals surface area (Å²) in [5.41, 5.74) is 2.33. The molecule has 6 nitrogen and oxygen atoms in total. The van der Waals surface area contributed by atoms with Crippen molar-refractivity contribution in [3.05, 3.63) is 47.3 Å². The summed E-state index contributed by atoms with van der Waals surface area (Å²) in [4.78, 5) is 13.0. The second kappa shape index (κ2) is 8.21. The van der Waals surface area contributed by atoms with E-state index in [2.05, 4.69) is 53.8 Å². The van der Waals surface area contributed by atoms with Gasteiger partial charge in [0.25, 0.3) is 5.91 Å². The zero-order valence-electron chi connectivity index (χ0n) is 16.8. The van der Waals surface area contributed by atoms with Gasteiger partial charge in [-0.3, -0.25) is 4.79 Å². The van der Waals surface area contributed by atoms with E-state index in [0.717, 1.165) is 38.0 Å². The first-order chi connectivity index (χ1) is 12.9. The number of nitrogens with one attached hydrogen (secondary N) is 2. The maximum Gasteiger partial charge on any atom is 0.273 e. The van der Waals surface area contributed by atoms with Crippen molar-refractivity contribution in [3.63, 3.8) is 0 Å². The lowest BCUT2D eigenvalue weighted by Gasteiger charge is -2.35. The molecule has 1 aromatic carbocycles. The molecule has 0 radical (unpaired) electrons. The van der Waals surface area contributed by atoms with Crippen LogP contribution < -0.4 is 10.6 Å². The molecule has 0 aliphatic carbocycles. The van der Waals surface area contributed by atoms with Crippen LogP contribution in [0, 0.1) is 6.92 Å². The van der Waals surface area contributed by atoms with Gasteiger partial charge >= 0.3 is 0 Å². The Balaban J connectivity index is 1.76. The van der Waals surface area contributed by atoms with Crippen LogP contribution in [0.4, 0.5) is 0 Å². The summed E-state index contributed by atoms with van der Waals surface area (Å²) >= 11 is 0. The van der Waals surface area contributed by atoms with Gasteiger partial charge < -0.3 is 10.6 Å². The number of hydrogen-bond donors (Lipinski definition) is 2. The van der Waals surface area contributed by atoms with Crippen molar-refractivity contribution in [3.8, 4) is 0 Å². The predicted molar refractivity (Wildman–Crippen MR) is 107 cm³/mol. The van der Waals surface area contributed by atoms with Crippen LogP contribution in [0.5, 0.6) is 0 Å². The van der Waals surface area contributed by atoms with Crippen molar-refractivity contribution in [1.29, 1.82) is 0 Å². The summed E-state index contributed by atoms with van der Waals surface area (Å²) in [5, 5.41) is 15.1. The number of carbonyl (C=O) groups is 1. The minimum atomic E-state index is -0.176. The first-order valence-corrected chi connectivity index (χ1v) is 9.94. The van der Waals surface area contributed by atoms with Gasteiger partial charge in [0.05, 0.1) is 11.7 Å². The Morgan fingerprint density at radius 1 is 1.30 bits per heavy atom.